The third-order valence-corrected chi connectivity index (χ3v) is 5.27. The number of nitrogens with one attached hydrogen (secondary N) is 3. The highest BCUT2D eigenvalue weighted by atomic mass is 16.4. The van der Waals surface area contributed by atoms with Gasteiger partial charge in [-0.15, -0.1) is 0 Å². The lowest BCUT2D eigenvalue weighted by Gasteiger charge is -2.26. The Morgan fingerprint density at radius 3 is 2.03 bits per heavy atom. The first kappa shape index (κ1) is 30.5. The van der Waals surface area contributed by atoms with Gasteiger partial charge in [-0.05, 0) is 44.7 Å². The van der Waals surface area contributed by atoms with E-state index in [-0.39, 0.29) is 12.8 Å². The number of carbonyl (C=O) groups excluding carboxylic acids is 3. The highest BCUT2D eigenvalue weighted by molar-refractivity contribution is 5.95. The molecule has 3 amide bonds. The fourth-order valence-electron chi connectivity index (χ4n) is 3.30. The van der Waals surface area contributed by atoms with Crippen molar-refractivity contribution >= 4 is 29.7 Å². The van der Waals surface area contributed by atoms with E-state index >= 15 is 0 Å². The van der Waals surface area contributed by atoms with Crippen LogP contribution in [0, 0.1) is 0 Å². The Kier molecular flexibility index (Phi) is 13.1. The Bertz CT molecular complexity index is 896. The summed E-state index contributed by atoms with van der Waals surface area (Å²) in [4.78, 5) is 60.3. The van der Waals surface area contributed by atoms with Gasteiger partial charge < -0.3 is 42.7 Å². The number of nitrogens with two attached hydrogens (primary N) is 2. The smallest absolute Gasteiger partial charge is 0.326 e. The SMILES string of the molecule is CC(O)C(NC(=O)C(CCCCN)NC(=O)C(N)Cc1ccccc1)C(=O)NC(CC(=O)O)C(=O)O. The first-order valence-electron chi connectivity index (χ1n) is 11.5. The summed E-state index contributed by atoms with van der Waals surface area (Å²) in [5, 5.41) is 34.9. The van der Waals surface area contributed by atoms with E-state index in [2.05, 4.69) is 10.6 Å². The summed E-state index contributed by atoms with van der Waals surface area (Å²) in [5.41, 5.74) is 12.3. The molecule has 1 aromatic carbocycles. The number of carboxylic acid groups (broad SMARTS) is 2. The molecule has 0 aliphatic rings. The molecule has 5 atom stereocenters. The molecular formula is C23H35N5O8. The van der Waals surface area contributed by atoms with Gasteiger partial charge >= 0.3 is 11.9 Å². The Labute approximate surface area is 208 Å². The second-order valence-corrected chi connectivity index (χ2v) is 8.37. The molecule has 0 aliphatic heterocycles. The number of benzene rings is 1. The molecule has 0 bridgehead atoms. The van der Waals surface area contributed by atoms with Crippen LogP contribution in [0.15, 0.2) is 30.3 Å². The molecule has 0 heterocycles. The third-order valence-electron chi connectivity index (χ3n) is 5.27. The van der Waals surface area contributed by atoms with Crippen molar-refractivity contribution < 1.29 is 39.3 Å². The summed E-state index contributed by atoms with van der Waals surface area (Å²) >= 11 is 0. The Balaban J connectivity index is 2.93. The van der Waals surface area contributed by atoms with E-state index in [1.807, 2.05) is 11.4 Å². The number of hydrogen-bond donors (Lipinski definition) is 8. The van der Waals surface area contributed by atoms with Gasteiger partial charge in [0, 0.05) is 0 Å². The number of unbranched alkanes of at least 4 members (excludes halogenated alkanes) is 1. The summed E-state index contributed by atoms with van der Waals surface area (Å²) in [7, 11) is 0. The van der Waals surface area contributed by atoms with Gasteiger partial charge in [-0.25, -0.2) is 4.79 Å². The van der Waals surface area contributed by atoms with Crippen LogP contribution in [0.2, 0.25) is 0 Å². The molecule has 0 saturated heterocycles. The van der Waals surface area contributed by atoms with E-state index in [0.717, 1.165) is 5.56 Å². The van der Waals surface area contributed by atoms with Gasteiger partial charge in [-0.3, -0.25) is 19.2 Å². The Morgan fingerprint density at radius 2 is 1.50 bits per heavy atom. The number of carboxylic acids is 2. The lowest BCUT2D eigenvalue weighted by Crippen LogP contribution is -2.60. The van der Waals surface area contributed by atoms with Crippen LogP contribution in [0.25, 0.3) is 0 Å². The van der Waals surface area contributed by atoms with Gasteiger partial charge in [0.2, 0.25) is 17.7 Å². The summed E-state index contributed by atoms with van der Waals surface area (Å²) in [6.45, 7) is 1.55. The summed E-state index contributed by atoms with van der Waals surface area (Å²) < 4.78 is 0. The maximum absolute atomic E-state index is 13.0. The number of aliphatic carboxylic acids is 2. The van der Waals surface area contributed by atoms with Crippen molar-refractivity contribution in [2.75, 3.05) is 6.54 Å². The summed E-state index contributed by atoms with van der Waals surface area (Å²) in [5.74, 6) is -5.56. The van der Waals surface area contributed by atoms with Gasteiger partial charge in [0.25, 0.3) is 0 Å². The quantitative estimate of drug-likeness (QED) is 0.115. The van der Waals surface area contributed by atoms with E-state index in [1.54, 1.807) is 24.3 Å². The van der Waals surface area contributed by atoms with Crippen molar-refractivity contribution in [3.63, 3.8) is 0 Å². The molecule has 1 aromatic rings. The van der Waals surface area contributed by atoms with E-state index < -0.39 is 66.4 Å². The average Bonchev–Trinajstić information content (AvgIpc) is 2.81. The molecule has 13 nitrogen and oxygen atoms in total. The molecule has 0 fully saturated rings. The van der Waals surface area contributed by atoms with Crippen LogP contribution in [0.1, 0.15) is 38.2 Å². The number of aliphatic hydroxyl groups excluding tert-OH is 1. The first-order valence-corrected chi connectivity index (χ1v) is 11.5. The van der Waals surface area contributed by atoms with Crippen molar-refractivity contribution in [3.8, 4) is 0 Å². The number of amides is 3. The molecule has 0 aliphatic carbocycles. The zero-order chi connectivity index (χ0) is 27.3. The first-order chi connectivity index (χ1) is 17.0. The van der Waals surface area contributed by atoms with Crippen LogP contribution < -0.4 is 27.4 Å². The lowest BCUT2D eigenvalue weighted by molar-refractivity contribution is -0.148. The highest BCUT2D eigenvalue weighted by Crippen LogP contribution is 2.06. The average molecular weight is 510 g/mol. The van der Waals surface area contributed by atoms with Crippen LogP contribution in [0.4, 0.5) is 0 Å². The van der Waals surface area contributed by atoms with Crippen molar-refractivity contribution in [2.24, 2.45) is 11.5 Å². The zero-order valence-electron chi connectivity index (χ0n) is 20.1. The van der Waals surface area contributed by atoms with Crippen LogP contribution in [0.3, 0.4) is 0 Å². The molecule has 0 aromatic heterocycles. The molecule has 10 N–H and O–H groups in total. The fourth-order valence-corrected chi connectivity index (χ4v) is 3.30. The minimum absolute atomic E-state index is 0.164. The standard InChI is InChI=1S/C23H35N5O8/c1-13(29)19(22(34)27-17(23(35)36)12-18(30)31)28-21(33)16(9-5-6-10-24)26-20(32)15(25)11-14-7-3-2-4-8-14/h2-4,7-8,13,15-17,19,29H,5-6,9-12,24-25H2,1H3,(H,26,32)(H,27,34)(H,28,33)(H,30,31)(H,35,36). The topological polar surface area (TPSA) is 234 Å². The molecular weight excluding hydrogens is 474 g/mol. The van der Waals surface area contributed by atoms with Crippen molar-refractivity contribution in [1.29, 1.82) is 0 Å². The minimum Gasteiger partial charge on any atom is -0.481 e. The van der Waals surface area contributed by atoms with Crippen LogP contribution in [0.5, 0.6) is 0 Å². The van der Waals surface area contributed by atoms with E-state index in [4.69, 9.17) is 21.7 Å². The van der Waals surface area contributed by atoms with Crippen molar-refractivity contribution in [1.82, 2.24) is 16.0 Å². The molecule has 5 unspecified atom stereocenters. The van der Waals surface area contributed by atoms with E-state index in [0.29, 0.717) is 19.4 Å². The number of carbonyl (C=O) groups is 5. The molecule has 0 radical (unpaired) electrons. The summed E-state index contributed by atoms with van der Waals surface area (Å²) in [6, 6.07) is 3.57. The molecule has 13 heteroatoms. The summed E-state index contributed by atoms with van der Waals surface area (Å²) in [6.07, 6.45) is -0.951. The number of aliphatic hydroxyl groups is 1. The molecule has 200 valence electrons. The van der Waals surface area contributed by atoms with Gasteiger partial charge in [0.1, 0.15) is 18.1 Å². The van der Waals surface area contributed by atoms with Gasteiger partial charge in [-0.1, -0.05) is 30.3 Å². The van der Waals surface area contributed by atoms with Crippen molar-refractivity contribution in [2.45, 2.75) is 69.3 Å². The van der Waals surface area contributed by atoms with Gasteiger partial charge in [-0.2, -0.15) is 0 Å². The third kappa shape index (κ3) is 10.8. The van der Waals surface area contributed by atoms with Crippen LogP contribution >= 0.6 is 0 Å². The maximum Gasteiger partial charge on any atom is 0.326 e. The monoisotopic (exact) mass is 509 g/mol. The molecule has 0 spiro atoms. The Morgan fingerprint density at radius 1 is 0.889 bits per heavy atom. The second-order valence-electron chi connectivity index (χ2n) is 8.37. The van der Waals surface area contributed by atoms with Crippen LogP contribution in [-0.2, 0) is 30.4 Å². The normalized spacial score (nSPS) is 15.0. The predicted molar refractivity (Wildman–Crippen MR) is 128 cm³/mol. The minimum atomic E-state index is -1.77. The van der Waals surface area contributed by atoms with Crippen LogP contribution in [-0.4, -0.2) is 81.8 Å². The second kappa shape index (κ2) is 15.4. The van der Waals surface area contributed by atoms with Gasteiger partial charge in [0.15, 0.2) is 0 Å². The maximum atomic E-state index is 13.0. The largest absolute Gasteiger partial charge is 0.481 e. The highest BCUT2D eigenvalue weighted by Gasteiger charge is 2.33. The molecule has 0 saturated carbocycles. The zero-order valence-corrected chi connectivity index (χ0v) is 20.1. The molecule has 1 rings (SSSR count). The Hall–Kier alpha value is -3.55. The number of rotatable bonds is 16. The fraction of sp³-hybridized carbons (Fsp3) is 0.522. The van der Waals surface area contributed by atoms with E-state index in [1.165, 1.54) is 6.92 Å². The van der Waals surface area contributed by atoms with Gasteiger partial charge in [0.05, 0.1) is 18.6 Å². The predicted octanol–water partition coefficient (Wildman–Crippen LogP) is -1.92. The number of hydrogen-bond acceptors (Lipinski definition) is 8. The lowest BCUT2D eigenvalue weighted by atomic mass is 10.0. The van der Waals surface area contributed by atoms with Crippen molar-refractivity contribution in [3.05, 3.63) is 35.9 Å². The molecule has 36 heavy (non-hydrogen) atoms. The van der Waals surface area contributed by atoms with E-state index in [9.17, 15) is 29.1 Å².